The molecule has 1 aromatic carbocycles. The second-order valence-electron chi connectivity index (χ2n) is 3.35. The van der Waals surface area contributed by atoms with E-state index >= 15 is 0 Å². The van der Waals surface area contributed by atoms with Crippen molar-refractivity contribution < 1.29 is 17.9 Å². The van der Waals surface area contributed by atoms with E-state index in [0.717, 1.165) is 6.07 Å². The highest BCUT2D eigenvalue weighted by Gasteiger charge is 2.22. The molecule has 2 rings (SSSR count). The highest BCUT2D eigenvalue weighted by atomic mass is 19.2. The quantitative estimate of drug-likeness (QED) is 0.541. The lowest BCUT2D eigenvalue weighted by atomic mass is 10.1. The maximum absolute atomic E-state index is 13.1. The third-order valence-corrected chi connectivity index (χ3v) is 2.23. The lowest BCUT2D eigenvalue weighted by Crippen LogP contribution is -1.98. The van der Waals surface area contributed by atoms with Crippen LogP contribution >= 0.6 is 0 Å². The van der Waals surface area contributed by atoms with Gasteiger partial charge in [0, 0.05) is 6.07 Å². The van der Waals surface area contributed by atoms with Crippen LogP contribution in [0.1, 0.15) is 12.0 Å². The third-order valence-electron chi connectivity index (χ3n) is 2.23. The average molecular weight is 202 g/mol. The molecule has 0 spiro atoms. The van der Waals surface area contributed by atoms with Gasteiger partial charge in [-0.2, -0.15) is 0 Å². The molecule has 0 N–H and O–H groups in total. The standard InChI is InChI=1S/C10H9F3O/c11-8-4-10(13)9(12)3-6(8)1-2-7-5-14-7/h3-4,7H,1-2,5H2. The summed E-state index contributed by atoms with van der Waals surface area (Å²) >= 11 is 0. The zero-order valence-electron chi connectivity index (χ0n) is 7.40. The van der Waals surface area contributed by atoms with Crippen LogP contribution in [0.4, 0.5) is 13.2 Å². The molecule has 0 radical (unpaired) electrons. The first kappa shape index (κ1) is 9.52. The minimum atomic E-state index is -1.14. The molecule has 76 valence electrons. The molecule has 1 fully saturated rings. The topological polar surface area (TPSA) is 12.5 Å². The Balaban J connectivity index is 2.10. The van der Waals surface area contributed by atoms with Gasteiger partial charge in [-0.1, -0.05) is 0 Å². The first-order chi connectivity index (χ1) is 6.66. The number of aryl methyl sites for hydroxylation is 1. The SMILES string of the molecule is Fc1cc(F)c(CCC2CO2)cc1F. The Morgan fingerprint density at radius 1 is 1.14 bits per heavy atom. The van der Waals surface area contributed by atoms with Gasteiger partial charge in [-0.3, -0.25) is 0 Å². The van der Waals surface area contributed by atoms with Crippen molar-refractivity contribution in [1.82, 2.24) is 0 Å². The summed E-state index contributed by atoms with van der Waals surface area (Å²) in [5, 5.41) is 0. The molecule has 1 aromatic rings. The molecule has 0 bridgehead atoms. The van der Waals surface area contributed by atoms with Gasteiger partial charge >= 0.3 is 0 Å². The second kappa shape index (κ2) is 3.61. The fourth-order valence-electron chi connectivity index (χ4n) is 1.31. The molecule has 1 saturated heterocycles. The minimum absolute atomic E-state index is 0.169. The number of epoxide rings is 1. The number of ether oxygens (including phenoxy) is 1. The molecule has 1 unspecified atom stereocenters. The minimum Gasteiger partial charge on any atom is -0.373 e. The normalized spacial score (nSPS) is 19.8. The van der Waals surface area contributed by atoms with E-state index in [0.29, 0.717) is 25.5 Å². The summed E-state index contributed by atoms with van der Waals surface area (Å²) in [6.07, 6.45) is 1.21. The predicted molar refractivity (Wildman–Crippen MR) is 44.4 cm³/mol. The van der Waals surface area contributed by atoms with Crippen LogP contribution in [0.3, 0.4) is 0 Å². The molecular formula is C10H9F3O. The summed E-state index contributed by atoms with van der Waals surface area (Å²) in [5.41, 5.74) is 0.208. The number of hydrogen-bond donors (Lipinski definition) is 0. The Kier molecular flexibility index (Phi) is 2.46. The van der Waals surface area contributed by atoms with Gasteiger partial charge in [-0.15, -0.1) is 0 Å². The van der Waals surface area contributed by atoms with Gasteiger partial charge in [0.1, 0.15) is 5.82 Å². The molecule has 0 aromatic heterocycles. The second-order valence-corrected chi connectivity index (χ2v) is 3.35. The van der Waals surface area contributed by atoms with Crippen molar-refractivity contribution in [2.24, 2.45) is 0 Å². The van der Waals surface area contributed by atoms with E-state index in [1.165, 1.54) is 0 Å². The maximum Gasteiger partial charge on any atom is 0.161 e. The molecule has 0 aliphatic carbocycles. The average Bonchev–Trinajstić information content (AvgIpc) is 2.92. The largest absolute Gasteiger partial charge is 0.373 e. The van der Waals surface area contributed by atoms with E-state index in [4.69, 9.17) is 4.74 Å². The molecule has 1 atom stereocenters. The van der Waals surface area contributed by atoms with Crippen LogP contribution in [0.15, 0.2) is 12.1 Å². The van der Waals surface area contributed by atoms with Gasteiger partial charge in [-0.05, 0) is 24.5 Å². The Morgan fingerprint density at radius 3 is 2.43 bits per heavy atom. The molecular weight excluding hydrogens is 193 g/mol. The van der Waals surface area contributed by atoms with E-state index in [9.17, 15) is 13.2 Å². The maximum atomic E-state index is 13.1. The fraction of sp³-hybridized carbons (Fsp3) is 0.400. The number of hydrogen-bond acceptors (Lipinski definition) is 1. The van der Waals surface area contributed by atoms with Gasteiger partial charge in [0.05, 0.1) is 12.7 Å². The van der Waals surface area contributed by atoms with E-state index in [1.807, 2.05) is 0 Å². The van der Waals surface area contributed by atoms with Crippen molar-refractivity contribution in [1.29, 1.82) is 0 Å². The smallest absolute Gasteiger partial charge is 0.161 e. The number of benzene rings is 1. The Hall–Kier alpha value is -1.03. The first-order valence-electron chi connectivity index (χ1n) is 4.42. The predicted octanol–water partition coefficient (Wildman–Crippen LogP) is 2.44. The molecule has 0 saturated carbocycles. The Morgan fingerprint density at radius 2 is 1.79 bits per heavy atom. The lowest BCUT2D eigenvalue weighted by molar-refractivity contribution is 0.395. The van der Waals surface area contributed by atoms with Crippen LogP contribution in [0.2, 0.25) is 0 Å². The Bertz CT molecular complexity index is 347. The zero-order chi connectivity index (χ0) is 10.1. The zero-order valence-corrected chi connectivity index (χ0v) is 7.40. The molecule has 1 nitrogen and oxygen atoms in total. The first-order valence-corrected chi connectivity index (χ1v) is 4.42. The van der Waals surface area contributed by atoms with Crippen molar-refractivity contribution in [3.8, 4) is 0 Å². The van der Waals surface area contributed by atoms with Crippen LogP contribution in [-0.4, -0.2) is 12.7 Å². The van der Waals surface area contributed by atoms with E-state index in [2.05, 4.69) is 0 Å². The molecule has 1 heterocycles. The highest BCUT2D eigenvalue weighted by Crippen LogP contribution is 2.20. The number of rotatable bonds is 3. The Labute approximate surface area is 79.5 Å². The lowest BCUT2D eigenvalue weighted by Gasteiger charge is -2.02. The number of halogens is 3. The molecule has 1 aliphatic rings. The van der Waals surface area contributed by atoms with Crippen LogP contribution in [0.5, 0.6) is 0 Å². The van der Waals surface area contributed by atoms with Gasteiger partial charge < -0.3 is 4.74 Å². The van der Waals surface area contributed by atoms with Gasteiger partial charge in [0.25, 0.3) is 0 Å². The summed E-state index contributed by atoms with van der Waals surface area (Å²) in [6, 6.07) is 1.49. The van der Waals surface area contributed by atoms with Crippen molar-refractivity contribution in [3.05, 3.63) is 35.1 Å². The molecule has 14 heavy (non-hydrogen) atoms. The van der Waals surface area contributed by atoms with Crippen molar-refractivity contribution in [3.63, 3.8) is 0 Å². The van der Waals surface area contributed by atoms with Crippen LogP contribution < -0.4 is 0 Å². The third kappa shape index (κ3) is 2.07. The summed E-state index contributed by atoms with van der Waals surface area (Å²) < 4.78 is 43.2. The van der Waals surface area contributed by atoms with Gasteiger partial charge in [-0.25, -0.2) is 13.2 Å². The summed E-state index contributed by atoms with van der Waals surface area (Å²) in [6.45, 7) is 0.686. The van der Waals surface area contributed by atoms with Crippen LogP contribution in [0, 0.1) is 17.5 Å². The van der Waals surface area contributed by atoms with Crippen molar-refractivity contribution in [2.45, 2.75) is 18.9 Å². The van der Waals surface area contributed by atoms with Crippen molar-refractivity contribution >= 4 is 0 Å². The van der Waals surface area contributed by atoms with Crippen LogP contribution in [-0.2, 0) is 11.2 Å². The molecule has 0 amide bonds. The van der Waals surface area contributed by atoms with Gasteiger partial charge in [0.15, 0.2) is 11.6 Å². The fourth-order valence-corrected chi connectivity index (χ4v) is 1.31. The van der Waals surface area contributed by atoms with Crippen molar-refractivity contribution in [2.75, 3.05) is 6.61 Å². The monoisotopic (exact) mass is 202 g/mol. The molecule has 1 aliphatic heterocycles. The summed E-state index contributed by atoms with van der Waals surface area (Å²) in [7, 11) is 0. The summed E-state index contributed by atoms with van der Waals surface area (Å²) in [4.78, 5) is 0. The van der Waals surface area contributed by atoms with Crippen LogP contribution in [0.25, 0.3) is 0 Å². The van der Waals surface area contributed by atoms with E-state index < -0.39 is 17.5 Å². The summed E-state index contributed by atoms with van der Waals surface area (Å²) in [5.74, 6) is -2.84. The van der Waals surface area contributed by atoms with E-state index in [1.54, 1.807) is 0 Å². The van der Waals surface area contributed by atoms with E-state index in [-0.39, 0.29) is 11.7 Å². The molecule has 4 heteroatoms. The van der Waals surface area contributed by atoms with Gasteiger partial charge in [0.2, 0.25) is 0 Å². The highest BCUT2D eigenvalue weighted by molar-refractivity contribution is 5.20.